The molecule has 19 heavy (non-hydrogen) atoms. The van der Waals surface area contributed by atoms with Gasteiger partial charge in [0.1, 0.15) is 11.6 Å². The summed E-state index contributed by atoms with van der Waals surface area (Å²) in [5.74, 6) is 1.49. The van der Waals surface area contributed by atoms with Crippen LogP contribution in [-0.4, -0.2) is 26.1 Å². The first kappa shape index (κ1) is 12.2. The molecule has 0 amide bonds. The summed E-state index contributed by atoms with van der Waals surface area (Å²) in [5, 5.41) is 10.1. The number of hydrogen-bond donors (Lipinski definition) is 1. The van der Waals surface area contributed by atoms with Gasteiger partial charge in [0.2, 0.25) is 0 Å². The van der Waals surface area contributed by atoms with E-state index in [4.69, 9.17) is 0 Å². The minimum atomic E-state index is 0.200. The molecule has 0 radical (unpaired) electrons. The topological polar surface area (TPSA) is 41.3 Å². The minimum Gasteiger partial charge on any atom is -0.508 e. The van der Waals surface area contributed by atoms with Crippen LogP contribution in [0.25, 0.3) is 0 Å². The summed E-state index contributed by atoms with van der Waals surface area (Å²) < 4.78 is 2.19. The van der Waals surface area contributed by atoms with E-state index >= 15 is 0 Å². The van der Waals surface area contributed by atoms with E-state index in [1.165, 1.54) is 0 Å². The van der Waals surface area contributed by atoms with Crippen LogP contribution in [0.2, 0.25) is 0 Å². The summed E-state index contributed by atoms with van der Waals surface area (Å²) in [6.07, 6.45) is 3.88. The third-order valence-electron chi connectivity index (χ3n) is 3.96. The van der Waals surface area contributed by atoms with Crippen molar-refractivity contribution in [1.82, 2.24) is 14.5 Å². The molecule has 4 nitrogen and oxygen atoms in total. The van der Waals surface area contributed by atoms with E-state index in [1.807, 2.05) is 31.5 Å². The maximum absolute atomic E-state index is 10.1. The lowest BCUT2D eigenvalue weighted by molar-refractivity contribution is 0.161. The van der Waals surface area contributed by atoms with Crippen LogP contribution >= 0.6 is 0 Å². The fourth-order valence-corrected chi connectivity index (χ4v) is 2.73. The normalized spacial score (nSPS) is 17.2. The molecule has 0 fully saturated rings. The van der Waals surface area contributed by atoms with Crippen LogP contribution < -0.4 is 0 Å². The average Bonchev–Trinajstić information content (AvgIpc) is 2.85. The lowest BCUT2D eigenvalue weighted by Crippen LogP contribution is -2.35. The monoisotopic (exact) mass is 257 g/mol. The molecule has 0 aliphatic carbocycles. The molecule has 1 aliphatic heterocycles. The van der Waals surface area contributed by atoms with Gasteiger partial charge in [-0.1, -0.05) is 12.1 Å². The second-order valence-corrected chi connectivity index (χ2v) is 5.25. The molecule has 1 aliphatic rings. The van der Waals surface area contributed by atoms with Crippen LogP contribution in [0.5, 0.6) is 5.75 Å². The first-order valence-corrected chi connectivity index (χ1v) is 6.69. The zero-order valence-electron chi connectivity index (χ0n) is 11.4. The lowest BCUT2D eigenvalue weighted by atomic mass is 10.0. The number of aromatic hydroxyl groups is 1. The molecule has 1 aromatic carbocycles. The minimum absolute atomic E-state index is 0.200. The first-order valence-electron chi connectivity index (χ1n) is 6.69. The van der Waals surface area contributed by atoms with Gasteiger partial charge in [0.25, 0.3) is 0 Å². The predicted molar refractivity (Wildman–Crippen MR) is 73.9 cm³/mol. The Morgan fingerprint density at radius 3 is 2.95 bits per heavy atom. The number of aromatic nitrogens is 2. The fraction of sp³-hybridized carbons (Fsp3) is 0.400. The smallest absolute Gasteiger partial charge is 0.122 e. The zero-order chi connectivity index (χ0) is 13.4. The van der Waals surface area contributed by atoms with Gasteiger partial charge in [0.05, 0.1) is 6.54 Å². The van der Waals surface area contributed by atoms with Gasteiger partial charge in [0, 0.05) is 37.1 Å². The van der Waals surface area contributed by atoms with Crippen LogP contribution in [0.15, 0.2) is 30.6 Å². The first-order chi connectivity index (χ1) is 9.15. The Morgan fingerprint density at radius 2 is 2.16 bits per heavy atom. The van der Waals surface area contributed by atoms with E-state index in [0.717, 1.165) is 36.6 Å². The molecule has 0 bridgehead atoms. The molecule has 2 aromatic rings. The van der Waals surface area contributed by atoms with E-state index in [1.54, 1.807) is 0 Å². The molecule has 0 saturated carbocycles. The number of fused-ring (bicyclic) bond motifs is 1. The Morgan fingerprint density at radius 1 is 1.32 bits per heavy atom. The van der Waals surface area contributed by atoms with Crippen molar-refractivity contribution >= 4 is 0 Å². The number of nitrogens with zero attached hydrogens (tertiary/aromatic N) is 3. The van der Waals surface area contributed by atoms with Gasteiger partial charge >= 0.3 is 0 Å². The Labute approximate surface area is 113 Å². The second kappa shape index (κ2) is 4.70. The van der Waals surface area contributed by atoms with E-state index in [-0.39, 0.29) is 6.04 Å². The summed E-state index contributed by atoms with van der Waals surface area (Å²) in [5.41, 5.74) is 2.08. The molecule has 0 saturated heterocycles. The highest BCUT2D eigenvalue weighted by molar-refractivity contribution is 5.37. The summed E-state index contributed by atoms with van der Waals surface area (Å²) in [4.78, 5) is 6.73. The molecule has 1 N–H and O–H groups in total. The number of imidazole rings is 1. The van der Waals surface area contributed by atoms with Gasteiger partial charge in [-0.05, 0) is 25.5 Å². The number of aryl methyl sites for hydroxylation is 1. The largest absolute Gasteiger partial charge is 0.508 e. The number of phenolic OH excluding ortho intramolecular Hbond substituents is 1. The van der Waals surface area contributed by atoms with E-state index in [9.17, 15) is 5.11 Å². The molecule has 100 valence electrons. The molecular formula is C15H19N3O. The van der Waals surface area contributed by atoms with Gasteiger partial charge in [0.15, 0.2) is 0 Å². The van der Waals surface area contributed by atoms with Crippen LogP contribution in [-0.2, 0) is 13.1 Å². The van der Waals surface area contributed by atoms with Crippen LogP contribution in [0.4, 0.5) is 0 Å². The predicted octanol–water partition coefficient (Wildman–Crippen LogP) is 2.47. The van der Waals surface area contributed by atoms with Crippen molar-refractivity contribution in [3.8, 4) is 5.75 Å². The Kier molecular flexibility index (Phi) is 3.03. The summed E-state index contributed by atoms with van der Waals surface area (Å²) in [6.45, 7) is 6.92. The Hall–Kier alpha value is -1.81. The standard InChI is InChI=1S/C15H19N3O/c1-11-3-4-13(14(19)9-11)12(2)18-8-7-17-6-5-16-15(17)10-18/h3-6,9,12,19H,7-8,10H2,1-2H3. The van der Waals surface area contributed by atoms with Crippen molar-refractivity contribution in [3.63, 3.8) is 0 Å². The zero-order valence-corrected chi connectivity index (χ0v) is 11.4. The van der Waals surface area contributed by atoms with Crippen molar-refractivity contribution in [2.75, 3.05) is 6.54 Å². The maximum Gasteiger partial charge on any atom is 0.122 e. The van der Waals surface area contributed by atoms with Crippen molar-refractivity contribution in [2.24, 2.45) is 0 Å². The summed E-state index contributed by atoms with van der Waals surface area (Å²) in [6, 6.07) is 6.11. The van der Waals surface area contributed by atoms with Crippen molar-refractivity contribution < 1.29 is 5.11 Å². The fourth-order valence-electron chi connectivity index (χ4n) is 2.73. The Bertz CT molecular complexity index is 591. The Balaban J connectivity index is 1.83. The molecule has 0 spiro atoms. The molecule has 1 unspecified atom stereocenters. The molecular weight excluding hydrogens is 238 g/mol. The van der Waals surface area contributed by atoms with Gasteiger partial charge in [-0.2, -0.15) is 0 Å². The molecule has 1 atom stereocenters. The second-order valence-electron chi connectivity index (χ2n) is 5.25. The van der Waals surface area contributed by atoms with E-state index < -0.39 is 0 Å². The lowest BCUT2D eigenvalue weighted by Gasteiger charge is -2.33. The summed E-state index contributed by atoms with van der Waals surface area (Å²) in [7, 11) is 0. The quantitative estimate of drug-likeness (QED) is 0.898. The van der Waals surface area contributed by atoms with Crippen LogP contribution in [0.1, 0.15) is 29.9 Å². The molecule has 4 heteroatoms. The average molecular weight is 257 g/mol. The van der Waals surface area contributed by atoms with Crippen molar-refractivity contribution in [2.45, 2.75) is 33.0 Å². The highest BCUT2D eigenvalue weighted by Crippen LogP contribution is 2.31. The van der Waals surface area contributed by atoms with E-state index in [2.05, 4.69) is 27.4 Å². The SMILES string of the molecule is Cc1ccc(C(C)N2CCn3ccnc3C2)c(O)c1. The van der Waals surface area contributed by atoms with E-state index in [0.29, 0.717) is 5.75 Å². The third-order valence-corrected chi connectivity index (χ3v) is 3.96. The van der Waals surface area contributed by atoms with Crippen molar-refractivity contribution in [3.05, 3.63) is 47.5 Å². The number of phenols is 1. The number of rotatable bonds is 2. The molecule has 3 rings (SSSR count). The van der Waals surface area contributed by atoms with Gasteiger partial charge in [-0.3, -0.25) is 4.90 Å². The highest BCUT2D eigenvalue weighted by atomic mass is 16.3. The highest BCUT2D eigenvalue weighted by Gasteiger charge is 2.23. The van der Waals surface area contributed by atoms with Crippen LogP contribution in [0.3, 0.4) is 0 Å². The van der Waals surface area contributed by atoms with Crippen LogP contribution in [0, 0.1) is 6.92 Å². The molecule has 1 aromatic heterocycles. The van der Waals surface area contributed by atoms with Gasteiger partial charge in [-0.15, -0.1) is 0 Å². The van der Waals surface area contributed by atoms with Gasteiger partial charge < -0.3 is 9.67 Å². The maximum atomic E-state index is 10.1. The number of benzene rings is 1. The third kappa shape index (κ3) is 2.24. The van der Waals surface area contributed by atoms with Gasteiger partial charge in [-0.25, -0.2) is 4.98 Å². The molecule has 2 heterocycles. The number of hydrogen-bond acceptors (Lipinski definition) is 3. The van der Waals surface area contributed by atoms with Crippen molar-refractivity contribution in [1.29, 1.82) is 0 Å². The summed E-state index contributed by atoms with van der Waals surface area (Å²) >= 11 is 0.